The number of benzene rings is 1. The second kappa shape index (κ2) is 11.4. The molecule has 0 radical (unpaired) electrons. The maximum atomic E-state index is 11.7. The molecule has 0 aliphatic carbocycles. The summed E-state index contributed by atoms with van der Waals surface area (Å²) in [4.78, 5) is 29.2. The van der Waals surface area contributed by atoms with Gasteiger partial charge in [0.25, 0.3) is 5.95 Å². The number of aromatic nitrogens is 3. The first-order valence-electron chi connectivity index (χ1n) is 9.05. The zero-order valence-corrected chi connectivity index (χ0v) is 16.0. The molecule has 2 rings (SSSR count). The van der Waals surface area contributed by atoms with E-state index in [1.807, 2.05) is 17.0 Å². The number of esters is 2. The number of hydrogen-bond donors (Lipinski definition) is 1. The van der Waals surface area contributed by atoms with E-state index in [2.05, 4.69) is 25.4 Å². The third-order valence-corrected chi connectivity index (χ3v) is 3.66. The van der Waals surface area contributed by atoms with Gasteiger partial charge in [-0.3, -0.25) is 9.59 Å². The molecular formula is C18H24N6O4. The molecule has 0 atom stereocenters. The first-order valence-corrected chi connectivity index (χ1v) is 9.05. The van der Waals surface area contributed by atoms with Crippen molar-refractivity contribution in [3.05, 3.63) is 30.6 Å². The molecule has 10 nitrogen and oxygen atoms in total. The van der Waals surface area contributed by atoms with Gasteiger partial charge in [0.2, 0.25) is 0 Å². The first kappa shape index (κ1) is 21.0. The lowest BCUT2D eigenvalue weighted by molar-refractivity contribution is -0.143. The molecule has 28 heavy (non-hydrogen) atoms. The van der Waals surface area contributed by atoms with Crippen molar-refractivity contribution in [2.45, 2.75) is 26.7 Å². The number of aromatic amines is 1. The monoisotopic (exact) mass is 388 g/mol. The van der Waals surface area contributed by atoms with Crippen LogP contribution in [0.25, 0.3) is 0 Å². The second-order valence-electron chi connectivity index (χ2n) is 5.62. The number of H-pyrrole nitrogens is 1. The van der Waals surface area contributed by atoms with Crippen LogP contribution in [-0.2, 0) is 19.1 Å². The summed E-state index contributed by atoms with van der Waals surface area (Å²) in [6.45, 7) is 5.07. The van der Waals surface area contributed by atoms with Crippen LogP contribution in [0.5, 0.6) is 0 Å². The lowest BCUT2D eigenvalue weighted by Crippen LogP contribution is -2.29. The number of hydrogen-bond acceptors (Lipinski definition) is 9. The van der Waals surface area contributed by atoms with Crippen molar-refractivity contribution in [3.8, 4) is 0 Å². The molecule has 0 bridgehead atoms. The van der Waals surface area contributed by atoms with Crippen LogP contribution >= 0.6 is 0 Å². The fourth-order valence-electron chi connectivity index (χ4n) is 2.37. The van der Waals surface area contributed by atoms with Crippen molar-refractivity contribution in [3.63, 3.8) is 0 Å². The van der Waals surface area contributed by atoms with Gasteiger partial charge in [-0.15, -0.1) is 10.2 Å². The predicted octanol–water partition coefficient (Wildman–Crippen LogP) is 2.93. The van der Waals surface area contributed by atoms with Gasteiger partial charge >= 0.3 is 11.9 Å². The molecule has 150 valence electrons. The molecule has 0 spiro atoms. The maximum absolute atomic E-state index is 11.7. The normalized spacial score (nSPS) is 10.8. The van der Waals surface area contributed by atoms with Crippen LogP contribution in [0.1, 0.15) is 26.7 Å². The minimum Gasteiger partial charge on any atom is -0.466 e. The van der Waals surface area contributed by atoms with E-state index in [9.17, 15) is 9.59 Å². The molecular weight excluding hydrogens is 364 g/mol. The molecule has 0 fully saturated rings. The summed E-state index contributed by atoms with van der Waals surface area (Å²) in [6, 6.07) is 7.28. The summed E-state index contributed by atoms with van der Waals surface area (Å²) >= 11 is 0. The average molecular weight is 388 g/mol. The minimum atomic E-state index is -0.277. The molecule has 0 unspecified atom stereocenters. The fraction of sp³-hybridized carbons (Fsp3) is 0.444. The number of azo groups is 1. The van der Waals surface area contributed by atoms with Gasteiger partial charge in [-0.25, -0.2) is 5.10 Å². The maximum Gasteiger partial charge on any atom is 0.307 e. The fourth-order valence-corrected chi connectivity index (χ4v) is 2.37. The van der Waals surface area contributed by atoms with E-state index >= 15 is 0 Å². The highest BCUT2D eigenvalue weighted by Gasteiger charge is 2.13. The van der Waals surface area contributed by atoms with Crippen molar-refractivity contribution in [2.75, 3.05) is 31.2 Å². The van der Waals surface area contributed by atoms with E-state index in [4.69, 9.17) is 9.47 Å². The Labute approximate surface area is 163 Å². The zero-order chi connectivity index (χ0) is 20.2. The Morgan fingerprint density at radius 2 is 1.61 bits per heavy atom. The zero-order valence-electron chi connectivity index (χ0n) is 16.0. The van der Waals surface area contributed by atoms with Gasteiger partial charge < -0.3 is 14.4 Å². The van der Waals surface area contributed by atoms with Crippen molar-refractivity contribution in [2.24, 2.45) is 10.2 Å². The Kier molecular flexibility index (Phi) is 8.57. The van der Waals surface area contributed by atoms with Crippen LogP contribution in [0.4, 0.5) is 17.3 Å². The van der Waals surface area contributed by atoms with Crippen LogP contribution in [0.15, 0.2) is 40.8 Å². The topological polar surface area (TPSA) is 122 Å². The van der Waals surface area contributed by atoms with Crippen molar-refractivity contribution in [1.29, 1.82) is 0 Å². The number of carbonyl (C=O) groups is 2. The first-order chi connectivity index (χ1) is 13.6. The largest absolute Gasteiger partial charge is 0.466 e. The van der Waals surface area contributed by atoms with E-state index in [0.717, 1.165) is 5.69 Å². The average Bonchev–Trinajstić information content (AvgIpc) is 3.21. The lowest BCUT2D eigenvalue weighted by Gasteiger charge is -2.24. The Hall–Kier alpha value is -3.30. The molecule has 0 saturated heterocycles. The van der Waals surface area contributed by atoms with Crippen molar-refractivity contribution >= 4 is 29.3 Å². The third-order valence-electron chi connectivity index (χ3n) is 3.66. The minimum absolute atomic E-state index is 0.226. The highest BCUT2D eigenvalue weighted by atomic mass is 16.5. The molecule has 1 heterocycles. The SMILES string of the molecule is CCOC(=O)CCN(CCC(=O)OCC)c1ccc(N=Nc2ncn[nH]2)cc1. The Balaban J connectivity index is 2.02. The molecule has 1 aromatic carbocycles. The summed E-state index contributed by atoms with van der Waals surface area (Å²) in [6.07, 6.45) is 1.80. The summed E-state index contributed by atoms with van der Waals surface area (Å²) in [5, 5.41) is 14.3. The smallest absolute Gasteiger partial charge is 0.307 e. The molecule has 0 aliphatic rings. The van der Waals surface area contributed by atoms with E-state index in [0.29, 0.717) is 37.9 Å². The number of rotatable bonds is 11. The quantitative estimate of drug-likeness (QED) is 0.464. The van der Waals surface area contributed by atoms with Crippen LogP contribution in [0.3, 0.4) is 0 Å². The van der Waals surface area contributed by atoms with Gasteiger partial charge in [0.05, 0.1) is 31.7 Å². The predicted molar refractivity (Wildman–Crippen MR) is 102 cm³/mol. The number of nitrogens with zero attached hydrogens (tertiary/aromatic N) is 5. The van der Waals surface area contributed by atoms with E-state index in [1.54, 1.807) is 26.0 Å². The third kappa shape index (κ3) is 7.14. The standard InChI is InChI=1S/C18H24N6O4/c1-3-27-16(25)9-11-24(12-10-17(26)28-4-2)15-7-5-14(6-8-15)21-23-18-19-13-20-22-18/h5-8,13H,3-4,9-12H2,1-2H3,(H,19,20,22). The molecule has 1 N–H and O–H groups in total. The van der Waals surface area contributed by atoms with Gasteiger partial charge in [-0.2, -0.15) is 10.1 Å². The Morgan fingerprint density at radius 3 is 2.11 bits per heavy atom. The van der Waals surface area contributed by atoms with Crippen LogP contribution in [0, 0.1) is 0 Å². The van der Waals surface area contributed by atoms with Gasteiger partial charge in [0, 0.05) is 18.8 Å². The number of anilines is 1. The summed E-state index contributed by atoms with van der Waals surface area (Å²) in [7, 11) is 0. The second-order valence-corrected chi connectivity index (χ2v) is 5.62. The number of nitrogens with one attached hydrogen (secondary N) is 1. The van der Waals surface area contributed by atoms with Gasteiger partial charge in [0.15, 0.2) is 0 Å². The van der Waals surface area contributed by atoms with Crippen LogP contribution in [-0.4, -0.2) is 53.4 Å². The van der Waals surface area contributed by atoms with E-state index in [1.165, 1.54) is 6.33 Å². The lowest BCUT2D eigenvalue weighted by atomic mass is 10.2. The summed E-state index contributed by atoms with van der Waals surface area (Å²) in [5.74, 6) is -0.239. The van der Waals surface area contributed by atoms with Crippen molar-refractivity contribution in [1.82, 2.24) is 15.2 Å². The number of carbonyl (C=O) groups excluding carboxylic acids is 2. The van der Waals surface area contributed by atoms with E-state index < -0.39 is 0 Å². The van der Waals surface area contributed by atoms with Gasteiger partial charge in [-0.05, 0) is 38.1 Å². The molecule has 0 amide bonds. The highest BCUT2D eigenvalue weighted by Crippen LogP contribution is 2.22. The Bertz CT molecular complexity index is 739. The summed E-state index contributed by atoms with van der Waals surface area (Å²) in [5.41, 5.74) is 1.49. The molecule has 1 aromatic heterocycles. The molecule has 2 aromatic rings. The summed E-state index contributed by atoms with van der Waals surface area (Å²) < 4.78 is 9.96. The van der Waals surface area contributed by atoms with Crippen LogP contribution in [0.2, 0.25) is 0 Å². The molecule has 10 heteroatoms. The van der Waals surface area contributed by atoms with Gasteiger partial charge in [-0.1, -0.05) is 0 Å². The van der Waals surface area contributed by atoms with Gasteiger partial charge in [0.1, 0.15) is 6.33 Å². The highest BCUT2D eigenvalue weighted by molar-refractivity contribution is 5.71. The molecule has 0 aliphatic heterocycles. The van der Waals surface area contributed by atoms with E-state index in [-0.39, 0.29) is 24.8 Å². The number of ether oxygens (including phenoxy) is 2. The van der Waals surface area contributed by atoms with Crippen LogP contribution < -0.4 is 4.90 Å². The molecule has 0 saturated carbocycles. The Morgan fingerprint density at radius 1 is 1.00 bits per heavy atom. The van der Waals surface area contributed by atoms with Crippen molar-refractivity contribution < 1.29 is 19.1 Å².